The van der Waals surface area contributed by atoms with Crippen molar-refractivity contribution in [3.8, 4) is 11.5 Å². The maximum Gasteiger partial charge on any atom is 0.185 e. The average molecular weight is 289 g/mol. The van der Waals surface area contributed by atoms with Gasteiger partial charge in [-0.15, -0.1) is 0 Å². The van der Waals surface area contributed by atoms with Crippen molar-refractivity contribution in [3.05, 3.63) is 64.7 Å². The fourth-order valence-corrected chi connectivity index (χ4v) is 1.84. The predicted octanol–water partition coefficient (Wildman–Crippen LogP) is 3.95. The van der Waals surface area contributed by atoms with E-state index in [1.165, 1.54) is 12.1 Å². The van der Waals surface area contributed by atoms with Gasteiger partial charge < -0.3 is 9.84 Å². The van der Waals surface area contributed by atoms with Gasteiger partial charge in [-0.05, 0) is 48.0 Å². The minimum atomic E-state index is -0.114. The number of hydrogen-bond acceptors (Lipinski definition) is 3. The zero-order valence-corrected chi connectivity index (χ0v) is 11.6. The summed E-state index contributed by atoms with van der Waals surface area (Å²) in [5.41, 5.74) is 1.32. The van der Waals surface area contributed by atoms with Crippen molar-refractivity contribution >= 4 is 23.5 Å². The topological polar surface area (TPSA) is 46.5 Å². The molecule has 1 N–H and O–H groups in total. The minimum absolute atomic E-state index is 0.0188. The molecule has 0 aliphatic rings. The summed E-state index contributed by atoms with van der Waals surface area (Å²) in [6.07, 6.45) is 3.11. The number of hydrogen-bond donors (Lipinski definition) is 1. The summed E-state index contributed by atoms with van der Waals surface area (Å²) < 4.78 is 5.03. The molecule has 20 heavy (non-hydrogen) atoms. The first-order chi connectivity index (χ1) is 9.60. The summed E-state index contributed by atoms with van der Waals surface area (Å²) in [5.74, 6) is 0.609. The predicted molar refractivity (Wildman–Crippen MR) is 79.5 cm³/mol. The maximum absolute atomic E-state index is 12.0. The third-order valence-electron chi connectivity index (χ3n) is 2.77. The molecular formula is C16H13ClO3. The van der Waals surface area contributed by atoms with E-state index in [2.05, 4.69) is 0 Å². The van der Waals surface area contributed by atoms with Gasteiger partial charge in [-0.1, -0.05) is 23.7 Å². The van der Waals surface area contributed by atoms with Gasteiger partial charge in [0.1, 0.15) is 11.5 Å². The van der Waals surface area contributed by atoms with E-state index in [1.54, 1.807) is 49.6 Å². The molecule has 0 unspecified atom stereocenters. The van der Waals surface area contributed by atoms with Crippen LogP contribution >= 0.6 is 11.6 Å². The first-order valence-electron chi connectivity index (χ1n) is 5.95. The van der Waals surface area contributed by atoms with E-state index in [4.69, 9.17) is 16.3 Å². The molecule has 0 atom stereocenters. The third kappa shape index (κ3) is 3.39. The molecule has 0 fully saturated rings. The van der Waals surface area contributed by atoms with Crippen LogP contribution in [-0.2, 0) is 0 Å². The second kappa shape index (κ2) is 6.26. The average Bonchev–Trinajstić information content (AvgIpc) is 2.48. The molecule has 2 aromatic carbocycles. The number of carbonyl (C=O) groups is 1. The number of ketones is 1. The van der Waals surface area contributed by atoms with Gasteiger partial charge in [0.05, 0.1) is 12.1 Å². The number of aromatic hydroxyl groups is 1. The van der Waals surface area contributed by atoms with Gasteiger partial charge in [0.25, 0.3) is 0 Å². The van der Waals surface area contributed by atoms with Crippen LogP contribution in [0.2, 0.25) is 5.02 Å². The smallest absolute Gasteiger partial charge is 0.185 e. The summed E-state index contributed by atoms with van der Waals surface area (Å²) in [7, 11) is 1.57. The number of benzene rings is 2. The van der Waals surface area contributed by atoms with Crippen LogP contribution in [0.1, 0.15) is 15.9 Å². The van der Waals surface area contributed by atoms with E-state index < -0.39 is 0 Å². The number of allylic oxidation sites excluding steroid dienone is 1. The first kappa shape index (κ1) is 14.2. The standard InChI is InChI=1S/C16H13ClO3/c1-20-13-6-4-12(5-7-13)15(18)8-2-11-3-9-16(19)14(17)10-11/h2-10,19H,1H3/b8-2+. The van der Waals surface area contributed by atoms with E-state index >= 15 is 0 Å². The molecule has 0 saturated heterocycles. The zero-order valence-electron chi connectivity index (χ0n) is 10.8. The minimum Gasteiger partial charge on any atom is -0.506 e. The van der Waals surface area contributed by atoms with Gasteiger partial charge in [-0.3, -0.25) is 4.79 Å². The van der Waals surface area contributed by atoms with E-state index in [0.29, 0.717) is 11.3 Å². The Balaban J connectivity index is 2.13. The molecule has 0 aromatic heterocycles. The number of rotatable bonds is 4. The molecule has 102 valence electrons. The first-order valence-corrected chi connectivity index (χ1v) is 6.33. The lowest BCUT2D eigenvalue weighted by Gasteiger charge is -2.00. The third-order valence-corrected chi connectivity index (χ3v) is 3.08. The Bertz CT molecular complexity index is 645. The van der Waals surface area contributed by atoms with Crippen molar-refractivity contribution < 1.29 is 14.6 Å². The van der Waals surface area contributed by atoms with Crippen LogP contribution in [0, 0.1) is 0 Å². The highest BCUT2D eigenvalue weighted by Crippen LogP contribution is 2.24. The second-order valence-corrected chi connectivity index (χ2v) is 4.54. The zero-order chi connectivity index (χ0) is 14.5. The SMILES string of the molecule is COc1ccc(C(=O)/C=C/c2ccc(O)c(Cl)c2)cc1. The molecular weight excluding hydrogens is 276 g/mol. The van der Waals surface area contributed by atoms with Crippen LogP contribution in [0.5, 0.6) is 11.5 Å². The van der Waals surface area contributed by atoms with E-state index in [9.17, 15) is 9.90 Å². The lowest BCUT2D eigenvalue weighted by molar-refractivity contribution is 0.104. The Morgan fingerprint density at radius 2 is 1.90 bits per heavy atom. The number of ether oxygens (including phenoxy) is 1. The Hall–Kier alpha value is -2.26. The van der Waals surface area contributed by atoms with Crippen LogP contribution < -0.4 is 4.74 Å². The van der Waals surface area contributed by atoms with E-state index in [1.807, 2.05) is 0 Å². The molecule has 0 spiro atoms. The van der Waals surface area contributed by atoms with Gasteiger partial charge in [-0.2, -0.15) is 0 Å². The Kier molecular flexibility index (Phi) is 4.43. The van der Waals surface area contributed by atoms with Crippen LogP contribution in [0.3, 0.4) is 0 Å². The molecule has 0 heterocycles. The summed E-state index contributed by atoms with van der Waals surface area (Å²) >= 11 is 5.80. The molecule has 3 nitrogen and oxygen atoms in total. The highest BCUT2D eigenvalue weighted by molar-refractivity contribution is 6.32. The number of phenols is 1. The monoisotopic (exact) mass is 288 g/mol. The lowest BCUT2D eigenvalue weighted by atomic mass is 10.1. The number of methoxy groups -OCH3 is 1. The van der Waals surface area contributed by atoms with Crippen LogP contribution in [0.4, 0.5) is 0 Å². The molecule has 0 aliphatic heterocycles. The van der Waals surface area contributed by atoms with Crippen LogP contribution in [0.25, 0.3) is 6.08 Å². The van der Waals surface area contributed by atoms with Gasteiger partial charge in [0.2, 0.25) is 0 Å². The van der Waals surface area contributed by atoms with Crippen LogP contribution in [0.15, 0.2) is 48.5 Å². The van der Waals surface area contributed by atoms with E-state index in [-0.39, 0.29) is 16.6 Å². The van der Waals surface area contributed by atoms with Gasteiger partial charge >= 0.3 is 0 Å². The molecule has 4 heteroatoms. The Morgan fingerprint density at radius 3 is 2.50 bits per heavy atom. The number of phenolic OH excluding ortho intramolecular Hbond substituents is 1. The Labute approximate surface area is 122 Å². The highest BCUT2D eigenvalue weighted by atomic mass is 35.5. The molecule has 0 bridgehead atoms. The maximum atomic E-state index is 12.0. The van der Waals surface area contributed by atoms with Gasteiger partial charge in [0, 0.05) is 5.56 Å². The number of carbonyl (C=O) groups excluding carboxylic acids is 1. The van der Waals surface area contributed by atoms with Crippen molar-refractivity contribution in [3.63, 3.8) is 0 Å². The molecule has 0 aliphatic carbocycles. The summed E-state index contributed by atoms with van der Waals surface area (Å²) in [6.45, 7) is 0. The van der Waals surface area contributed by atoms with Crippen molar-refractivity contribution in [1.82, 2.24) is 0 Å². The summed E-state index contributed by atoms with van der Waals surface area (Å²) in [4.78, 5) is 12.0. The fraction of sp³-hybridized carbons (Fsp3) is 0.0625. The van der Waals surface area contributed by atoms with Crippen LogP contribution in [-0.4, -0.2) is 18.0 Å². The van der Waals surface area contributed by atoms with Crippen molar-refractivity contribution in [2.45, 2.75) is 0 Å². The summed E-state index contributed by atoms with van der Waals surface area (Å²) in [6, 6.07) is 11.6. The largest absolute Gasteiger partial charge is 0.506 e. The lowest BCUT2D eigenvalue weighted by Crippen LogP contribution is -1.94. The molecule has 0 radical (unpaired) electrons. The molecule has 2 aromatic rings. The Morgan fingerprint density at radius 1 is 1.20 bits per heavy atom. The van der Waals surface area contributed by atoms with Gasteiger partial charge in [-0.25, -0.2) is 0 Å². The molecule has 0 saturated carbocycles. The van der Waals surface area contributed by atoms with Crippen molar-refractivity contribution in [2.24, 2.45) is 0 Å². The highest BCUT2D eigenvalue weighted by Gasteiger charge is 2.02. The second-order valence-electron chi connectivity index (χ2n) is 4.14. The van der Waals surface area contributed by atoms with Gasteiger partial charge in [0.15, 0.2) is 5.78 Å². The number of halogens is 1. The van der Waals surface area contributed by atoms with Crippen molar-refractivity contribution in [2.75, 3.05) is 7.11 Å². The molecule has 2 rings (SSSR count). The van der Waals surface area contributed by atoms with Crippen molar-refractivity contribution in [1.29, 1.82) is 0 Å². The normalized spacial score (nSPS) is 10.7. The van der Waals surface area contributed by atoms with E-state index in [0.717, 1.165) is 5.56 Å². The molecule has 0 amide bonds. The summed E-state index contributed by atoms with van der Waals surface area (Å²) in [5, 5.41) is 9.57. The quantitative estimate of drug-likeness (QED) is 0.684. The fourth-order valence-electron chi connectivity index (χ4n) is 1.65.